The molecule has 0 atom stereocenters. The summed E-state index contributed by atoms with van der Waals surface area (Å²) in [6, 6.07) is 3.07. The van der Waals surface area contributed by atoms with Crippen LogP contribution in [0.25, 0.3) is 0 Å². The predicted molar refractivity (Wildman–Crippen MR) is 47.2 cm³/mol. The quantitative estimate of drug-likeness (QED) is 0.612. The number of nitrogens with one attached hydrogen (secondary N) is 1. The Balaban J connectivity index is 2.70. The van der Waals surface area contributed by atoms with E-state index in [1.165, 1.54) is 18.5 Å². The van der Waals surface area contributed by atoms with Crippen molar-refractivity contribution < 1.29 is 17.5 Å². The van der Waals surface area contributed by atoms with Crippen LogP contribution >= 0.6 is 0 Å². The third kappa shape index (κ3) is 3.41. The Labute approximate surface area is 76.1 Å². The van der Waals surface area contributed by atoms with Crippen LogP contribution in [0.5, 0.6) is 0 Å². The van der Waals surface area contributed by atoms with Gasteiger partial charge in [0.2, 0.25) is 0 Å². The Hall–Kier alpha value is -1.12. The molecule has 2 N–H and O–H groups in total. The summed E-state index contributed by atoms with van der Waals surface area (Å²) in [5.41, 5.74) is 0.274. The van der Waals surface area contributed by atoms with E-state index in [4.69, 9.17) is 5.02 Å². The molecule has 1 heterocycles. The molecule has 0 unspecified atom stereocenters. The molecular formula is C5H7BN2O4S. The molecule has 0 aliphatic carbocycles. The normalized spacial score (nSPS) is 10.8. The standard InChI is InChI=1S/C5H7BN2O4S/c9-6-12-13(10,11)8-5-2-1-3-7-4-5/h1-4,6,8-9H. The third-order valence-corrected chi connectivity index (χ3v) is 2.01. The molecule has 1 aromatic heterocycles. The van der Waals surface area contributed by atoms with Gasteiger partial charge in [-0.3, -0.25) is 13.8 Å². The van der Waals surface area contributed by atoms with Gasteiger partial charge in [-0.2, -0.15) is 8.42 Å². The van der Waals surface area contributed by atoms with Crippen LogP contribution < -0.4 is 4.72 Å². The summed E-state index contributed by atoms with van der Waals surface area (Å²) < 4.78 is 27.8. The van der Waals surface area contributed by atoms with Crippen molar-refractivity contribution in [2.45, 2.75) is 0 Å². The van der Waals surface area contributed by atoms with E-state index in [9.17, 15) is 8.42 Å². The summed E-state index contributed by atoms with van der Waals surface area (Å²) in [6.07, 6.45) is 2.82. The number of rotatable bonds is 4. The lowest BCUT2D eigenvalue weighted by atomic mass is 10.4. The molecule has 13 heavy (non-hydrogen) atoms. The zero-order chi connectivity index (χ0) is 9.73. The number of anilines is 1. The molecule has 1 rings (SSSR count). The summed E-state index contributed by atoms with van der Waals surface area (Å²) in [7, 11) is -4.82. The van der Waals surface area contributed by atoms with Gasteiger partial charge in [-0.05, 0) is 12.1 Å². The second-order valence-electron chi connectivity index (χ2n) is 2.04. The molecule has 0 fully saturated rings. The minimum absolute atomic E-state index is 0.274. The number of aromatic nitrogens is 1. The molecule has 0 radical (unpaired) electrons. The van der Waals surface area contributed by atoms with Crippen LogP contribution in [0.2, 0.25) is 0 Å². The Morgan fingerprint density at radius 1 is 1.62 bits per heavy atom. The van der Waals surface area contributed by atoms with Gasteiger partial charge in [0.25, 0.3) is 0 Å². The van der Waals surface area contributed by atoms with Crippen molar-refractivity contribution in [1.82, 2.24) is 4.98 Å². The number of pyridine rings is 1. The maximum absolute atomic E-state index is 10.9. The fraction of sp³-hybridized carbons (Fsp3) is 0. The molecule has 0 saturated heterocycles. The molecule has 0 saturated carbocycles. The van der Waals surface area contributed by atoms with Gasteiger partial charge in [0.15, 0.2) is 0 Å². The molecule has 8 heteroatoms. The van der Waals surface area contributed by atoms with E-state index in [0.717, 1.165) is 0 Å². The Kier molecular flexibility index (Phi) is 3.23. The molecule has 0 aliphatic rings. The molecule has 0 bridgehead atoms. The van der Waals surface area contributed by atoms with Crippen molar-refractivity contribution in [2.75, 3.05) is 4.72 Å². The van der Waals surface area contributed by atoms with Crippen LogP contribution in [-0.4, -0.2) is 26.1 Å². The first-order valence-corrected chi connectivity index (χ1v) is 4.73. The Bertz CT molecular complexity index is 354. The van der Waals surface area contributed by atoms with Gasteiger partial charge in [-0.1, -0.05) is 0 Å². The maximum Gasteiger partial charge on any atom is 0.455 e. The summed E-state index contributed by atoms with van der Waals surface area (Å²) in [6.45, 7) is 0. The van der Waals surface area contributed by atoms with E-state index in [-0.39, 0.29) is 5.69 Å². The number of hydrogen-bond acceptors (Lipinski definition) is 5. The Morgan fingerprint density at radius 2 is 2.38 bits per heavy atom. The fourth-order valence-electron chi connectivity index (χ4n) is 0.666. The second-order valence-corrected chi connectivity index (χ2v) is 3.39. The Morgan fingerprint density at radius 3 is 2.92 bits per heavy atom. The highest BCUT2D eigenvalue weighted by Crippen LogP contribution is 2.05. The van der Waals surface area contributed by atoms with E-state index in [2.05, 4.69) is 9.08 Å². The van der Waals surface area contributed by atoms with Crippen LogP contribution in [0, 0.1) is 0 Å². The van der Waals surface area contributed by atoms with Crippen LogP contribution in [0.15, 0.2) is 24.5 Å². The SMILES string of the molecule is O=S(=O)(Nc1cccnc1)OBO. The minimum atomic E-state index is -3.92. The predicted octanol–water partition coefficient (Wildman–Crippen LogP) is -0.986. The highest BCUT2D eigenvalue weighted by atomic mass is 32.2. The van der Waals surface area contributed by atoms with Crippen LogP contribution in [-0.2, 0) is 14.4 Å². The average Bonchev–Trinajstić information content (AvgIpc) is 2.04. The lowest BCUT2D eigenvalue weighted by Crippen LogP contribution is -2.18. The molecule has 0 aliphatic heterocycles. The molecule has 0 aromatic carbocycles. The zero-order valence-electron chi connectivity index (χ0n) is 6.54. The van der Waals surface area contributed by atoms with Crippen molar-refractivity contribution >= 4 is 23.7 Å². The first kappa shape index (κ1) is 9.97. The molecule has 0 spiro atoms. The van der Waals surface area contributed by atoms with E-state index < -0.39 is 18.0 Å². The van der Waals surface area contributed by atoms with E-state index >= 15 is 0 Å². The molecule has 0 amide bonds. The van der Waals surface area contributed by atoms with Gasteiger partial charge in [-0.15, -0.1) is 0 Å². The van der Waals surface area contributed by atoms with E-state index in [0.29, 0.717) is 0 Å². The zero-order valence-corrected chi connectivity index (χ0v) is 7.36. The molecule has 6 nitrogen and oxygen atoms in total. The average molecular weight is 202 g/mol. The van der Waals surface area contributed by atoms with Gasteiger partial charge in [0, 0.05) is 6.20 Å². The van der Waals surface area contributed by atoms with Crippen molar-refractivity contribution in [2.24, 2.45) is 0 Å². The first-order chi connectivity index (χ1) is 6.14. The van der Waals surface area contributed by atoms with Gasteiger partial charge < -0.3 is 5.02 Å². The number of hydrogen-bond donors (Lipinski definition) is 2. The van der Waals surface area contributed by atoms with Gasteiger partial charge in [0.05, 0.1) is 11.9 Å². The molecule has 70 valence electrons. The lowest BCUT2D eigenvalue weighted by Gasteiger charge is -2.04. The molecular weight excluding hydrogens is 195 g/mol. The van der Waals surface area contributed by atoms with Crippen LogP contribution in [0.3, 0.4) is 0 Å². The van der Waals surface area contributed by atoms with Gasteiger partial charge >= 0.3 is 18.0 Å². The second kappa shape index (κ2) is 4.22. The third-order valence-electron chi connectivity index (χ3n) is 1.11. The summed E-state index contributed by atoms with van der Waals surface area (Å²) in [4.78, 5) is 3.68. The van der Waals surface area contributed by atoms with Crippen LogP contribution in [0.4, 0.5) is 5.69 Å². The smallest absolute Gasteiger partial charge is 0.429 e. The summed E-state index contributed by atoms with van der Waals surface area (Å²) in [5.74, 6) is 0. The van der Waals surface area contributed by atoms with Gasteiger partial charge in [-0.25, -0.2) is 0 Å². The minimum Gasteiger partial charge on any atom is -0.429 e. The van der Waals surface area contributed by atoms with Crippen molar-refractivity contribution in [3.05, 3.63) is 24.5 Å². The van der Waals surface area contributed by atoms with Crippen molar-refractivity contribution in [1.29, 1.82) is 0 Å². The van der Waals surface area contributed by atoms with E-state index in [1.807, 2.05) is 4.72 Å². The van der Waals surface area contributed by atoms with Crippen molar-refractivity contribution in [3.63, 3.8) is 0 Å². The largest absolute Gasteiger partial charge is 0.455 e. The van der Waals surface area contributed by atoms with Crippen molar-refractivity contribution in [3.8, 4) is 0 Å². The highest BCUT2D eigenvalue weighted by molar-refractivity contribution is 7.88. The summed E-state index contributed by atoms with van der Waals surface area (Å²) >= 11 is 0. The topological polar surface area (TPSA) is 88.5 Å². The lowest BCUT2D eigenvalue weighted by molar-refractivity contribution is 0.439. The number of nitrogens with zero attached hydrogens (tertiary/aromatic N) is 1. The maximum atomic E-state index is 10.9. The summed E-state index contributed by atoms with van der Waals surface area (Å²) in [5, 5.41) is 8.22. The van der Waals surface area contributed by atoms with Crippen LogP contribution in [0.1, 0.15) is 0 Å². The monoisotopic (exact) mass is 202 g/mol. The molecule has 1 aromatic rings. The van der Waals surface area contributed by atoms with Gasteiger partial charge in [0.1, 0.15) is 0 Å². The fourth-order valence-corrected chi connectivity index (χ4v) is 1.27. The van der Waals surface area contributed by atoms with E-state index in [1.54, 1.807) is 6.07 Å². The highest BCUT2D eigenvalue weighted by Gasteiger charge is 2.09. The first-order valence-electron chi connectivity index (χ1n) is 3.32.